The molecule has 14 rings (SSSR count). The van der Waals surface area contributed by atoms with E-state index in [9.17, 15) is 28.8 Å². The average Bonchev–Trinajstić information content (AvgIpc) is 1.63. The van der Waals surface area contributed by atoms with Crippen LogP contribution in [0.2, 0.25) is 0 Å². The van der Waals surface area contributed by atoms with Crippen molar-refractivity contribution >= 4 is 103 Å². The average molecular weight is 925 g/mol. The molecule has 0 N–H and O–H groups in total. The number of fused-ring (bicyclic) bond motifs is 11. The number of thiophene rings is 1. The van der Waals surface area contributed by atoms with E-state index in [1.54, 1.807) is 0 Å². The summed E-state index contributed by atoms with van der Waals surface area (Å²) in [6.07, 6.45) is 0. The van der Waals surface area contributed by atoms with Crippen molar-refractivity contribution in [2.75, 3.05) is 4.90 Å². The van der Waals surface area contributed by atoms with Crippen LogP contribution in [0.25, 0.3) is 119 Å². The Hall–Kier alpha value is -8.70. The lowest BCUT2D eigenvalue weighted by atomic mass is 9.92. The van der Waals surface area contributed by atoms with E-state index in [2.05, 4.69) is 0 Å². The van der Waals surface area contributed by atoms with Gasteiger partial charge in [0.2, 0.25) is 0 Å². The van der Waals surface area contributed by atoms with Crippen LogP contribution in [0.15, 0.2) is 244 Å². The maximum absolute atomic E-state index is 10.5. The van der Waals surface area contributed by atoms with Gasteiger partial charge in [0.25, 0.3) is 0 Å². The predicted molar refractivity (Wildman–Crippen MR) is 288 cm³/mol. The lowest BCUT2D eigenvalue weighted by Crippen LogP contribution is -2.11. The molecule has 0 spiro atoms. The number of anilines is 3. The quantitative estimate of drug-likeness (QED) is 0.159. The van der Waals surface area contributed by atoms with Crippen molar-refractivity contribution in [3.8, 4) is 44.5 Å². The van der Waals surface area contributed by atoms with Crippen molar-refractivity contribution in [1.82, 2.24) is 0 Å². The highest BCUT2D eigenvalue weighted by atomic mass is 32.1. The lowest BCUT2D eigenvalue weighted by Gasteiger charge is -2.29. The highest BCUT2D eigenvalue weighted by Gasteiger charge is 2.25. The molecular formula is C64H39NO2S. The third-order valence-corrected chi connectivity index (χ3v) is 11.9. The molecule has 0 aliphatic carbocycles. The molecule has 318 valence electrons. The second-order valence-electron chi connectivity index (χ2n) is 14.5. The number of rotatable bonds is 7. The third-order valence-electron chi connectivity index (χ3n) is 10.8. The van der Waals surface area contributed by atoms with Gasteiger partial charge in [-0.2, -0.15) is 0 Å². The first-order valence-corrected chi connectivity index (χ1v) is 20.7. The first-order chi connectivity index (χ1) is 50.0. The van der Waals surface area contributed by atoms with Gasteiger partial charge in [-0.15, -0.1) is 11.3 Å². The molecule has 0 radical (unpaired) electrons. The fraction of sp³-hybridized carbons (Fsp3) is 0. The Morgan fingerprint density at radius 2 is 0.985 bits per heavy atom. The first-order valence-electron chi connectivity index (χ1n) is 39.4. The Kier molecular flexibility index (Phi) is 3.70. The molecule has 0 fully saturated rings. The maximum atomic E-state index is 10.5. The Morgan fingerprint density at radius 3 is 1.82 bits per heavy atom. The van der Waals surface area contributed by atoms with E-state index < -0.39 is 362 Å². The summed E-state index contributed by atoms with van der Waals surface area (Å²) in [5.74, 6) is 0. The number of furan rings is 2. The van der Waals surface area contributed by atoms with Gasteiger partial charge >= 0.3 is 0 Å². The van der Waals surface area contributed by atoms with Crippen LogP contribution < -0.4 is 4.90 Å². The Labute approximate surface area is 450 Å². The fourth-order valence-electron chi connectivity index (χ4n) is 7.86. The van der Waals surface area contributed by atoms with Gasteiger partial charge in [0, 0.05) is 69.6 Å². The van der Waals surface area contributed by atoms with E-state index in [1.165, 1.54) is 0 Å². The normalized spacial score (nSPS) is 19.9. The molecule has 0 saturated carbocycles. The van der Waals surface area contributed by atoms with Crippen LogP contribution in [0.4, 0.5) is 17.1 Å². The third kappa shape index (κ3) is 6.12. The minimum Gasteiger partial charge on any atom is -0.455 e. The molecule has 0 amide bonds. The van der Waals surface area contributed by atoms with E-state index in [0.717, 1.165) is 0 Å². The van der Waals surface area contributed by atoms with Crippen LogP contribution in [-0.2, 0) is 0 Å². The van der Waals surface area contributed by atoms with Gasteiger partial charge in [0.15, 0.2) is 0 Å². The van der Waals surface area contributed by atoms with Gasteiger partial charge in [-0.25, -0.2) is 0 Å². The molecule has 0 aliphatic heterocycles. The Bertz CT molecular complexity index is 6550. The van der Waals surface area contributed by atoms with Crippen LogP contribution >= 0.6 is 11.3 Å². The van der Waals surface area contributed by atoms with Crippen LogP contribution in [0, 0.1) is 0 Å². The first kappa shape index (κ1) is 16.3. The topological polar surface area (TPSA) is 29.5 Å². The molecule has 68 heavy (non-hydrogen) atoms. The molecule has 0 unspecified atom stereocenters. The summed E-state index contributed by atoms with van der Waals surface area (Å²) in [5, 5.41) is -5.10. The summed E-state index contributed by atoms with van der Waals surface area (Å²) in [5.41, 5.74) is -15.3. The lowest BCUT2D eigenvalue weighted by molar-refractivity contribution is 0.670. The van der Waals surface area contributed by atoms with Gasteiger partial charge in [-0.05, 0) is 99.2 Å². The second kappa shape index (κ2) is 15.5. The van der Waals surface area contributed by atoms with E-state index in [-0.39, 0.29) is 15.0 Å². The molecule has 0 aliphatic rings. The molecule has 3 nitrogen and oxygen atoms in total. The number of benzene rings is 11. The van der Waals surface area contributed by atoms with E-state index in [0.29, 0.717) is 11.3 Å². The number of hydrogen-bond donors (Lipinski definition) is 0. The van der Waals surface area contributed by atoms with Crippen molar-refractivity contribution in [3.05, 3.63) is 236 Å². The summed E-state index contributed by atoms with van der Waals surface area (Å²) in [6.45, 7) is 0. The van der Waals surface area contributed by atoms with Gasteiger partial charge in [0.1, 0.15) is 22.3 Å². The highest BCUT2D eigenvalue weighted by molar-refractivity contribution is 7.26. The SMILES string of the molecule is [2H]c1c([2H])c([2H])c(-c2c([2H])c([2H])c(N(c3c([2H])c([2H])c(-c4c([2H])c([2H])c([2H])c5c4oc4c([2H])c([2H])c([2H])c([2H])c45)c([2H])c3[2H])c3c([2H])c([2H])c4oc5c6c([2H])c([2H])c([2H])c([2H])c6c([2H])c([2H])c5c4c3-c3c([2H])c([2H])c([2H])c(-c4c([2H])c([2H])c([2H])c5c4sc4c([2H])c([2H])c([2H])c([2H])c45)c3[2H])c([2H])c2[2H])c([2H])c1[2H]. The zero-order chi connectivity index (χ0) is 78.6. The molecule has 11 aromatic carbocycles. The van der Waals surface area contributed by atoms with Gasteiger partial charge in [-0.1, -0.05) is 175 Å². The maximum Gasteiger partial charge on any atom is 0.143 e. The molecular weight excluding hydrogens is 847 g/mol. The van der Waals surface area contributed by atoms with Gasteiger partial charge in [-0.3, -0.25) is 0 Å². The molecule has 3 aromatic heterocycles. The molecule has 0 bridgehead atoms. The summed E-state index contributed by atoms with van der Waals surface area (Å²) in [4.78, 5) is 0.241. The van der Waals surface area contributed by atoms with E-state index in [1.807, 2.05) is 0 Å². The van der Waals surface area contributed by atoms with Crippen molar-refractivity contribution < 1.29 is 62.3 Å². The van der Waals surface area contributed by atoms with Crippen molar-refractivity contribution in [2.45, 2.75) is 0 Å². The predicted octanol–water partition coefficient (Wildman–Crippen LogP) is 19.1. The standard InChI is InChI=1S/C64H39NO2S/c1-2-13-40(14-3-1)41-27-32-46(33-28-41)65(47-34-29-43(30-35-47)49-21-11-23-53-51-19-6-8-25-57(51)66-62(49)53)56-37-38-58-61(55-36-31-42-15-4-5-18-48(42)63(55)67-58)60(56)45-17-10-16-44(39-45)50-22-12-24-54-52-20-7-9-26-59(52)68-64(50)54/h1-39H/i1D,2D,3D,4D,5D,6D,7D,8D,9D,10D,11D,12D,13D,14D,15D,16D,17D,18D,19D,20D,21D,22D,23D,24D,25D,26D,27D,28D,29D,30D,31D,32D,33D,34D,35D,36D,37D,38D,39D. The van der Waals surface area contributed by atoms with Crippen LogP contribution in [0.5, 0.6) is 0 Å². The van der Waals surface area contributed by atoms with E-state index in [4.69, 9.17) is 33.5 Å². The number of hydrogen-bond acceptors (Lipinski definition) is 4. The molecule has 3 heterocycles. The molecule has 14 aromatic rings. The zero-order valence-corrected chi connectivity index (χ0v) is 34.5. The van der Waals surface area contributed by atoms with E-state index >= 15 is 0 Å². The summed E-state index contributed by atoms with van der Waals surface area (Å²) < 4.78 is 375. The summed E-state index contributed by atoms with van der Waals surface area (Å²) in [7, 11) is 0. The van der Waals surface area contributed by atoms with Crippen LogP contribution in [0.3, 0.4) is 0 Å². The van der Waals surface area contributed by atoms with Crippen molar-refractivity contribution in [3.63, 3.8) is 0 Å². The Balaban J connectivity index is 1.25. The Morgan fingerprint density at radius 1 is 0.368 bits per heavy atom. The van der Waals surface area contributed by atoms with Crippen LogP contribution in [0.1, 0.15) is 53.5 Å². The molecule has 4 heteroatoms. The molecule has 0 atom stereocenters. The summed E-state index contributed by atoms with van der Waals surface area (Å²) >= 11 is 0.484. The van der Waals surface area contributed by atoms with Gasteiger partial charge in [0.05, 0.1) is 59.1 Å². The summed E-state index contributed by atoms with van der Waals surface area (Å²) in [6, 6.07) is -42.4. The number of nitrogens with zero attached hydrogens (tertiary/aromatic N) is 1. The van der Waals surface area contributed by atoms with Crippen molar-refractivity contribution in [2.24, 2.45) is 0 Å². The van der Waals surface area contributed by atoms with Crippen molar-refractivity contribution in [1.29, 1.82) is 0 Å². The van der Waals surface area contributed by atoms with Crippen LogP contribution in [-0.4, -0.2) is 0 Å². The largest absolute Gasteiger partial charge is 0.455 e. The van der Waals surface area contributed by atoms with Gasteiger partial charge < -0.3 is 13.7 Å². The number of para-hydroxylation sites is 2. The zero-order valence-electron chi connectivity index (χ0n) is 72.7. The minimum atomic E-state index is -1.47. The fourth-order valence-corrected chi connectivity index (χ4v) is 8.93. The second-order valence-corrected chi connectivity index (χ2v) is 15.6. The smallest absolute Gasteiger partial charge is 0.143 e. The minimum absolute atomic E-state index is 0.241. The monoisotopic (exact) mass is 925 g/mol. The molecule has 0 saturated heterocycles. The highest BCUT2D eigenvalue weighted by Crippen LogP contribution is 2.50.